The van der Waals surface area contributed by atoms with Gasteiger partial charge in [0, 0.05) is 12.3 Å². The quantitative estimate of drug-likeness (QED) is 0.543. The molecule has 30 heavy (non-hydrogen) atoms. The van der Waals surface area contributed by atoms with E-state index in [1.165, 1.54) is 44.9 Å². The Kier molecular flexibility index (Phi) is 4.58. The summed E-state index contributed by atoms with van der Waals surface area (Å²) in [6.45, 7) is 10.9. The van der Waals surface area contributed by atoms with Crippen LogP contribution in [-0.4, -0.2) is 29.7 Å². The molecule has 12 atom stereocenters. The molecule has 2 saturated heterocycles. The minimum absolute atomic E-state index is 0.0389. The molecular weight excluding hydrogens is 372 g/mol. The normalized spacial score (nSPS) is 62.5. The van der Waals surface area contributed by atoms with Crippen molar-refractivity contribution in [3.05, 3.63) is 0 Å². The summed E-state index contributed by atoms with van der Waals surface area (Å²) in [6, 6.07) is 0. The lowest BCUT2D eigenvalue weighted by atomic mass is 9.44. The highest BCUT2D eigenvalue weighted by Gasteiger charge is 2.69. The zero-order valence-corrected chi connectivity index (χ0v) is 19.7. The van der Waals surface area contributed by atoms with Crippen LogP contribution < -0.4 is 0 Å². The van der Waals surface area contributed by atoms with E-state index >= 15 is 0 Å². The topological polar surface area (TPSA) is 38.7 Å². The van der Waals surface area contributed by atoms with Gasteiger partial charge >= 0.3 is 0 Å². The molecule has 0 aromatic carbocycles. The minimum Gasteiger partial charge on any atom is -0.393 e. The lowest BCUT2D eigenvalue weighted by Crippen LogP contribution is -2.55. The molecule has 4 aliphatic carbocycles. The van der Waals surface area contributed by atoms with E-state index in [1.54, 1.807) is 0 Å². The standard InChI is InChI=1S/C27H44O3/c1-16-7-12-27(29-15-16)17(2)24-23(30-27)14-22-20-6-5-18-13-19(28)8-10-25(18,3)21(20)9-11-26(22,24)4/h16-24,28H,5-15H2,1-4H3/t16-,17+,18+,19-,20-,21-,22-,23-,24-,25+,26-,27-/m1/s1. The van der Waals surface area contributed by atoms with Crippen LogP contribution in [0, 0.1) is 52.3 Å². The average molecular weight is 417 g/mol. The van der Waals surface area contributed by atoms with Crippen LogP contribution in [0.1, 0.15) is 91.9 Å². The molecule has 0 radical (unpaired) electrons. The van der Waals surface area contributed by atoms with Crippen molar-refractivity contribution >= 4 is 0 Å². The number of aliphatic hydroxyl groups excluding tert-OH is 1. The Bertz CT molecular complexity index is 684. The molecule has 0 unspecified atom stereocenters. The molecule has 1 N–H and O–H groups in total. The molecule has 2 heterocycles. The Balaban J connectivity index is 1.26. The molecule has 3 nitrogen and oxygen atoms in total. The van der Waals surface area contributed by atoms with Crippen LogP contribution in [0.25, 0.3) is 0 Å². The van der Waals surface area contributed by atoms with Crippen LogP contribution in [0.2, 0.25) is 0 Å². The van der Waals surface area contributed by atoms with Gasteiger partial charge in [-0.1, -0.05) is 27.7 Å². The molecule has 6 rings (SSSR count). The van der Waals surface area contributed by atoms with Crippen molar-refractivity contribution in [3.63, 3.8) is 0 Å². The highest BCUT2D eigenvalue weighted by atomic mass is 16.7. The van der Waals surface area contributed by atoms with E-state index in [2.05, 4.69) is 27.7 Å². The zero-order chi connectivity index (χ0) is 20.9. The molecule has 0 amide bonds. The van der Waals surface area contributed by atoms with Crippen LogP contribution in [0.3, 0.4) is 0 Å². The van der Waals surface area contributed by atoms with Crippen molar-refractivity contribution in [3.8, 4) is 0 Å². The van der Waals surface area contributed by atoms with Crippen LogP contribution >= 0.6 is 0 Å². The van der Waals surface area contributed by atoms with Crippen molar-refractivity contribution in [1.82, 2.24) is 0 Å². The van der Waals surface area contributed by atoms with E-state index < -0.39 is 0 Å². The summed E-state index contributed by atoms with van der Waals surface area (Å²) >= 11 is 0. The average Bonchev–Trinajstić information content (AvgIpc) is 3.16. The molecule has 170 valence electrons. The Morgan fingerprint density at radius 2 is 1.63 bits per heavy atom. The van der Waals surface area contributed by atoms with Crippen LogP contribution in [0.5, 0.6) is 0 Å². The summed E-state index contributed by atoms with van der Waals surface area (Å²) in [4.78, 5) is 0. The third-order valence-electron chi connectivity index (χ3n) is 11.9. The number of fused-ring (bicyclic) bond motifs is 7. The highest BCUT2D eigenvalue weighted by molar-refractivity contribution is 5.15. The lowest BCUT2D eigenvalue weighted by molar-refractivity contribution is -0.273. The maximum atomic E-state index is 10.3. The van der Waals surface area contributed by atoms with Gasteiger partial charge in [0.1, 0.15) is 0 Å². The second-order valence-corrected chi connectivity index (χ2v) is 13.1. The molecule has 0 aromatic rings. The van der Waals surface area contributed by atoms with E-state index in [0.717, 1.165) is 49.5 Å². The fraction of sp³-hybridized carbons (Fsp3) is 1.00. The zero-order valence-electron chi connectivity index (χ0n) is 19.7. The van der Waals surface area contributed by atoms with Gasteiger partial charge in [0.25, 0.3) is 0 Å². The van der Waals surface area contributed by atoms with E-state index in [0.29, 0.717) is 34.7 Å². The van der Waals surface area contributed by atoms with E-state index in [-0.39, 0.29) is 11.9 Å². The second kappa shape index (κ2) is 6.70. The molecular formula is C27H44O3. The Morgan fingerprint density at radius 1 is 0.833 bits per heavy atom. The third kappa shape index (κ3) is 2.61. The maximum absolute atomic E-state index is 10.3. The van der Waals surface area contributed by atoms with E-state index in [9.17, 15) is 5.11 Å². The van der Waals surface area contributed by atoms with E-state index in [4.69, 9.17) is 9.47 Å². The number of ether oxygens (including phenoxy) is 2. The molecule has 1 spiro atoms. The number of rotatable bonds is 0. The Morgan fingerprint density at radius 3 is 2.40 bits per heavy atom. The molecule has 0 aromatic heterocycles. The first kappa shape index (κ1) is 20.5. The lowest BCUT2D eigenvalue weighted by Gasteiger charge is -2.61. The van der Waals surface area contributed by atoms with Crippen molar-refractivity contribution in [2.45, 2.75) is 110 Å². The number of aliphatic hydroxyl groups is 1. The fourth-order valence-corrected chi connectivity index (χ4v) is 10.3. The van der Waals surface area contributed by atoms with Crippen molar-refractivity contribution in [1.29, 1.82) is 0 Å². The van der Waals surface area contributed by atoms with Gasteiger partial charge in [-0.3, -0.25) is 0 Å². The summed E-state index contributed by atoms with van der Waals surface area (Å²) in [7, 11) is 0. The van der Waals surface area contributed by atoms with Gasteiger partial charge in [-0.05, 0) is 104 Å². The molecule has 6 aliphatic rings. The smallest absolute Gasteiger partial charge is 0.171 e. The Hall–Kier alpha value is -0.120. The summed E-state index contributed by atoms with van der Waals surface area (Å²) in [6.07, 6.45) is 12.9. The van der Waals surface area contributed by atoms with Crippen LogP contribution in [-0.2, 0) is 9.47 Å². The molecule has 3 heteroatoms. The van der Waals surface area contributed by atoms with Crippen molar-refractivity contribution in [2.24, 2.45) is 52.3 Å². The van der Waals surface area contributed by atoms with Crippen molar-refractivity contribution in [2.75, 3.05) is 6.61 Å². The largest absolute Gasteiger partial charge is 0.393 e. The van der Waals surface area contributed by atoms with Gasteiger partial charge in [0.15, 0.2) is 5.79 Å². The molecule has 6 fully saturated rings. The first-order valence-corrected chi connectivity index (χ1v) is 13.3. The summed E-state index contributed by atoms with van der Waals surface area (Å²) in [5.74, 6) is 4.93. The molecule has 0 bridgehead atoms. The summed E-state index contributed by atoms with van der Waals surface area (Å²) < 4.78 is 13.4. The van der Waals surface area contributed by atoms with Gasteiger partial charge < -0.3 is 14.6 Å². The second-order valence-electron chi connectivity index (χ2n) is 13.1. The maximum Gasteiger partial charge on any atom is 0.171 e. The monoisotopic (exact) mass is 416 g/mol. The predicted octanol–water partition coefficient (Wildman–Crippen LogP) is 5.79. The van der Waals surface area contributed by atoms with Crippen molar-refractivity contribution < 1.29 is 14.6 Å². The number of hydrogen-bond donors (Lipinski definition) is 1. The summed E-state index contributed by atoms with van der Waals surface area (Å²) in [5, 5.41) is 10.3. The number of hydrogen-bond acceptors (Lipinski definition) is 3. The predicted molar refractivity (Wildman–Crippen MR) is 118 cm³/mol. The Labute approximate surface area is 183 Å². The highest BCUT2D eigenvalue weighted by Crippen LogP contribution is 2.71. The van der Waals surface area contributed by atoms with Crippen LogP contribution in [0.4, 0.5) is 0 Å². The molecule has 2 aliphatic heterocycles. The third-order valence-corrected chi connectivity index (χ3v) is 11.9. The fourth-order valence-electron chi connectivity index (χ4n) is 10.3. The SMILES string of the molecule is C[C@@H]1CC[C@@]2(OC1)O[C@@H]1C[C@@H]3[C@@H]4CC[C@H]5C[C@H](O)CC[C@]5(C)[C@@H]4CC[C@@]3(C)[C@@H]1[C@@H]2C. The first-order valence-electron chi connectivity index (χ1n) is 13.3. The van der Waals surface area contributed by atoms with Gasteiger partial charge in [-0.25, -0.2) is 0 Å². The van der Waals surface area contributed by atoms with Crippen LogP contribution in [0.15, 0.2) is 0 Å². The van der Waals surface area contributed by atoms with E-state index in [1.807, 2.05) is 0 Å². The van der Waals surface area contributed by atoms with Gasteiger partial charge in [0.05, 0.1) is 18.8 Å². The van der Waals surface area contributed by atoms with Gasteiger partial charge in [-0.2, -0.15) is 0 Å². The minimum atomic E-state index is -0.282. The van der Waals surface area contributed by atoms with Gasteiger partial charge in [-0.15, -0.1) is 0 Å². The molecule has 4 saturated carbocycles. The summed E-state index contributed by atoms with van der Waals surface area (Å²) in [5.41, 5.74) is 0.899. The van der Waals surface area contributed by atoms with Gasteiger partial charge in [0.2, 0.25) is 0 Å². The first-order chi connectivity index (χ1) is 14.3.